The molecule has 0 bridgehead atoms. The normalized spacial score (nSPS) is 11.5. The van der Waals surface area contributed by atoms with Crippen molar-refractivity contribution in [1.82, 2.24) is 10.2 Å². The predicted molar refractivity (Wildman–Crippen MR) is 145 cm³/mol. The van der Waals surface area contributed by atoms with Crippen molar-refractivity contribution in [2.75, 3.05) is 25.6 Å². The Morgan fingerprint density at radius 1 is 1.08 bits per heavy atom. The molecule has 1 heterocycles. The topological polar surface area (TPSA) is 106 Å². The highest BCUT2D eigenvalue weighted by Crippen LogP contribution is 2.30. The monoisotopic (exact) mass is 520 g/mol. The summed E-state index contributed by atoms with van der Waals surface area (Å²) >= 11 is 1.29. The van der Waals surface area contributed by atoms with Gasteiger partial charge in [0, 0.05) is 11.8 Å². The van der Waals surface area contributed by atoms with Crippen molar-refractivity contribution in [2.24, 2.45) is 0 Å². The smallest absolute Gasteiger partial charge is 0.268 e. The van der Waals surface area contributed by atoms with E-state index in [-0.39, 0.29) is 11.0 Å². The number of para-hydroxylation sites is 1. The van der Waals surface area contributed by atoms with Crippen LogP contribution in [-0.2, 0) is 10.2 Å². The molecule has 3 aromatic rings. The third-order valence-electron chi connectivity index (χ3n) is 5.35. The summed E-state index contributed by atoms with van der Waals surface area (Å²) in [5.41, 5.74) is 2.60. The molecular formula is C28H32N4O4S. The zero-order valence-electron chi connectivity index (χ0n) is 22.0. The molecule has 0 aliphatic heterocycles. The highest BCUT2D eigenvalue weighted by molar-refractivity contribution is 7.15. The molecule has 0 radical (unpaired) electrons. The van der Waals surface area contributed by atoms with Crippen LogP contribution < -0.4 is 19.5 Å². The summed E-state index contributed by atoms with van der Waals surface area (Å²) in [6.45, 7) is 11.1. The molecule has 1 amide bonds. The molecular weight excluding hydrogens is 488 g/mol. The second-order valence-corrected chi connectivity index (χ2v) is 10.4. The molecule has 194 valence electrons. The van der Waals surface area contributed by atoms with E-state index in [2.05, 4.69) is 15.5 Å². The maximum Gasteiger partial charge on any atom is 0.268 e. The first-order valence-electron chi connectivity index (χ1n) is 11.9. The minimum Gasteiger partial charge on any atom is -0.493 e. The Kier molecular flexibility index (Phi) is 9.25. The Morgan fingerprint density at radius 2 is 1.78 bits per heavy atom. The number of methoxy groups -OCH3 is 1. The first kappa shape index (κ1) is 27.7. The summed E-state index contributed by atoms with van der Waals surface area (Å²) in [5.74, 6) is 1.43. The standard InChI is InChI=1S/C28H32N4O4S/c1-18-9-7-10-19(2)24(18)36-14-8-13-35-22-12-11-20(16-23(22)34-6)15-21(17-29)25(33)30-27-32-31-26(37-27)28(3,4)5/h7,9-12,15-16H,8,13-14H2,1-6H3,(H,30,32,33)/b21-15-. The van der Waals surface area contributed by atoms with Crippen LogP contribution in [0.2, 0.25) is 0 Å². The lowest BCUT2D eigenvalue weighted by molar-refractivity contribution is -0.112. The number of nitriles is 1. The highest BCUT2D eigenvalue weighted by atomic mass is 32.1. The van der Waals surface area contributed by atoms with Crippen molar-refractivity contribution in [1.29, 1.82) is 5.26 Å². The van der Waals surface area contributed by atoms with Crippen LogP contribution in [0, 0.1) is 25.2 Å². The maximum atomic E-state index is 12.6. The SMILES string of the molecule is COc1cc(/C=C(/C#N)C(=O)Nc2nnc(C(C)(C)C)s2)ccc1OCCCOc1c(C)cccc1C. The van der Waals surface area contributed by atoms with Crippen molar-refractivity contribution >= 4 is 28.5 Å². The summed E-state index contributed by atoms with van der Waals surface area (Å²) in [7, 11) is 1.54. The largest absolute Gasteiger partial charge is 0.493 e. The van der Waals surface area contributed by atoms with Crippen LogP contribution in [0.5, 0.6) is 17.2 Å². The molecule has 0 spiro atoms. The van der Waals surface area contributed by atoms with E-state index in [0.29, 0.717) is 41.8 Å². The number of ether oxygens (including phenoxy) is 3. The summed E-state index contributed by atoms with van der Waals surface area (Å²) in [4.78, 5) is 12.6. The fourth-order valence-corrected chi connectivity index (χ4v) is 4.19. The van der Waals surface area contributed by atoms with Gasteiger partial charge < -0.3 is 14.2 Å². The maximum absolute atomic E-state index is 12.6. The van der Waals surface area contributed by atoms with Crippen molar-refractivity contribution in [2.45, 2.75) is 46.5 Å². The molecule has 1 N–H and O–H groups in total. The Balaban J connectivity index is 1.60. The van der Waals surface area contributed by atoms with Gasteiger partial charge in [0.25, 0.3) is 5.91 Å². The number of carbonyl (C=O) groups is 1. The molecule has 37 heavy (non-hydrogen) atoms. The minimum absolute atomic E-state index is 0.0631. The Hall–Kier alpha value is -3.90. The summed E-state index contributed by atoms with van der Waals surface area (Å²) < 4.78 is 17.3. The zero-order valence-corrected chi connectivity index (χ0v) is 22.9. The van der Waals surface area contributed by atoms with Crippen LogP contribution in [0.4, 0.5) is 5.13 Å². The first-order chi connectivity index (χ1) is 17.6. The van der Waals surface area contributed by atoms with E-state index in [9.17, 15) is 10.1 Å². The molecule has 0 aliphatic rings. The number of aromatic nitrogens is 2. The van der Waals surface area contributed by atoms with Crippen LogP contribution in [0.3, 0.4) is 0 Å². The number of hydrogen-bond acceptors (Lipinski definition) is 8. The molecule has 0 atom stereocenters. The van der Waals surface area contributed by atoms with E-state index in [1.165, 1.54) is 17.4 Å². The van der Waals surface area contributed by atoms with Gasteiger partial charge in [0.15, 0.2) is 11.5 Å². The fourth-order valence-electron chi connectivity index (χ4n) is 3.39. The average Bonchev–Trinajstić information content (AvgIpc) is 3.33. The van der Waals surface area contributed by atoms with E-state index in [1.807, 2.05) is 58.9 Å². The lowest BCUT2D eigenvalue weighted by Gasteiger charge is -2.13. The van der Waals surface area contributed by atoms with Crippen molar-refractivity contribution < 1.29 is 19.0 Å². The van der Waals surface area contributed by atoms with Gasteiger partial charge in [-0.1, -0.05) is 56.4 Å². The molecule has 0 saturated heterocycles. The minimum atomic E-state index is -0.553. The molecule has 0 saturated carbocycles. The second kappa shape index (κ2) is 12.4. The van der Waals surface area contributed by atoms with Crippen LogP contribution in [0.15, 0.2) is 42.0 Å². The number of aryl methyl sites for hydroxylation is 2. The summed E-state index contributed by atoms with van der Waals surface area (Å²) in [6.07, 6.45) is 2.19. The van der Waals surface area contributed by atoms with Gasteiger partial charge in [-0.05, 0) is 48.7 Å². The van der Waals surface area contributed by atoms with Gasteiger partial charge in [-0.3, -0.25) is 10.1 Å². The average molecular weight is 521 g/mol. The number of nitrogens with one attached hydrogen (secondary N) is 1. The van der Waals surface area contributed by atoms with Gasteiger partial charge in [0.2, 0.25) is 5.13 Å². The van der Waals surface area contributed by atoms with E-state index in [0.717, 1.165) is 21.9 Å². The first-order valence-corrected chi connectivity index (χ1v) is 12.7. The van der Waals surface area contributed by atoms with Crippen LogP contribution in [-0.4, -0.2) is 36.4 Å². The number of amides is 1. The summed E-state index contributed by atoms with van der Waals surface area (Å²) in [5, 5.41) is 21.5. The van der Waals surface area contributed by atoms with Crippen molar-refractivity contribution in [3.05, 3.63) is 63.7 Å². The van der Waals surface area contributed by atoms with Gasteiger partial charge in [-0.25, -0.2) is 0 Å². The molecule has 8 nitrogen and oxygen atoms in total. The molecule has 1 aromatic heterocycles. The van der Waals surface area contributed by atoms with E-state index >= 15 is 0 Å². The van der Waals surface area contributed by atoms with Gasteiger partial charge in [0.05, 0.1) is 20.3 Å². The van der Waals surface area contributed by atoms with E-state index in [4.69, 9.17) is 14.2 Å². The number of hydrogen-bond donors (Lipinski definition) is 1. The Labute approximate surface area is 221 Å². The third-order valence-corrected chi connectivity index (χ3v) is 6.62. The van der Waals surface area contributed by atoms with Crippen LogP contribution >= 0.6 is 11.3 Å². The number of benzene rings is 2. The van der Waals surface area contributed by atoms with Crippen LogP contribution in [0.1, 0.15) is 48.9 Å². The van der Waals surface area contributed by atoms with Gasteiger partial charge in [-0.15, -0.1) is 10.2 Å². The number of rotatable bonds is 10. The quantitative estimate of drug-likeness (QED) is 0.203. The summed E-state index contributed by atoms with van der Waals surface area (Å²) in [6, 6.07) is 13.3. The molecule has 9 heteroatoms. The van der Waals surface area contributed by atoms with Crippen molar-refractivity contribution in [3.8, 4) is 23.3 Å². The zero-order chi connectivity index (χ0) is 27.0. The number of carbonyl (C=O) groups excluding carboxylic acids is 1. The van der Waals surface area contributed by atoms with E-state index < -0.39 is 5.91 Å². The molecule has 3 rings (SSSR count). The lowest BCUT2D eigenvalue weighted by atomic mass is 9.98. The fraction of sp³-hybridized carbons (Fsp3) is 0.357. The molecule has 0 aliphatic carbocycles. The number of anilines is 1. The molecule has 0 unspecified atom stereocenters. The molecule has 2 aromatic carbocycles. The Bertz CT molecular complexity index is 1300. The second-order valence-electron chi connectivity index (χ2n) is 9.47. The van der Waals surface area contributed by atoms with Gasteiger partial charge in [-0.2, -0.15) is 5.26 Å². The molecule has 0 fully saturated rings. The van der Waals surface area contributed by atoms with Crippen LogP contribution in [0.25, 0.3) is 6.08 Å². The number of nitrogens with zero attached hydrogens (tertiary/aromatic N) is 3. The van der Waals surface area contributed by atoms with Gasteiger partial charge >= 0.3 is 0 Å². The van der Waals surface area contributed by atoms with E-state index in [1.54, 1.807) is 25.3 Å². The van der Waals surface area contributed by atoms with Crippen molar-refractivity contribution in [3.63, 3.8) is 0 Å². The predicted octanol–water partition coefficient (Wildman–Crippen LogP) is 5.85. The Morgan fingerprint density at radius 3 is 2.41 bits per heavy atom. The highest BCUT2D eigenvalue weighted by Gasteiger charge is 2.21. The van der Waals surface area contributed by atoms with Gasteiger partial charge in [0.1, 0.15) is 22.4 Å². The lowest BCUT2D eigenvalue weighted by Crippen LogP contribution is -2.13. The third kappa shape index (κ3) is 7.54.